The van der Waals surface area contributed by atoms with Gasteiger partial charge >= 0.3 is 6.09 Å². The summed E-state index contributed by atoms with van der Waals surface area (Å²) < 4.78 is 4.88. The number of piperidine rings is 1. The van der Waals surface area contributed by atoms with E-state index in [9.17, 15) is 9.59 Å². The van der Waals surface area contributed by atoms with E-state index in [0.29, 0.717) is 19.7 Å². The highest BCUT2D eigenvalue weighted by molar-refractivity contribution is 5.78. The summed E-state index contributed by atoms with van der Waals surface area (Å²) >= 11 is 0. The van der Waals surface area contributed by atoms with Crippen molar-refractivity contribution in [1.82, 2.24) is 4.90 Å². The highest BCUT2D eigenvalue weighted by Gasteiger charge is 2.25. The van der Waals surface area contributed by atoms with Crippen LogP contribution in [0.15, 0.2) is 0 Å². The fourth-order valence-electron chi connectivity index (χ4n) is 1.68. The second-order valence-electron chi connectivity index (χ2n) is 3.57. The number of ether oxygens (including phenoxy) is 1. The van der Waals surface area contributed by atoms with E-state index < -0.39 is 0 Å². The standard InChI is InChI=1S/C10H17NO3/c1-3-14-10(13)11-6-4-9(5-7-11)8(2)12/h9H,3-7H2,1-2H3. The van der Waals surface area contributed by atoms with Gasteiger partial charge < -0.3 is 9.64 Å². The van der Waals surface area contributed by atoms with E-state index in [1.165, 1.54) is 0 Å². The first-order chi connectivity index (χ1) is 6.65. The zero-order valence-electron chi connectivity index (χ0n) is 8.78. The van der Waals surface area contributed by atoms with Crippen molar-refractivity contribution in [2.24, 2.45) is 5.92 Å². The molecule has 80 valence electrons. The van der Waals surface area contributed by atoms with Crippen molar-refractivity contribution in [2.75, 3.05) is 19.7 Å². The Morgan fingerprint density at radius 1 is 1.36 bits per heavy atom. The topological polar surface area (TPSA) is 46.6 Å². The summed E-state index contributed by atoms with van der Waals surface area (Å²) in [5, 5.41) is 0. The van der Waals surface area contributed by atoms with Crippen molar-refractivity contribution < 1.29 is 14.3 Å². The number of Topliss-reactive ketones (excluding diaryl/α,β-unsaturated/α-hetero) is 1. The zero-order valence-corrected chi connectivity index (χ0v) is 8.78. The molecule has 1 amide bonds. The maximum atomic E-state index is 11.3. The fourth-order valence-corrected chi connectivity index (χ4v) is 1.68. The van der Waals surface area contributed by atoms with Crippen LogP contribution >= 0.6 is 0 Å². The summed E-state index contributed by atoms with van der Waals surface area (Å²) in [5.74, 6) is 0.370. The van der Waals surface area contributed by atoms with Crippen molar-refractivity contribution in [2.45, 2.75) is 26.7 Å². The fraction of sp³-hybridized carbons (Fsp3) is 0.800. The summed E-state index contributed by atoms with van der Waals surface area (Å²) in [6.45, 7) is 5.10. The molecular formula is C10H17NO3. The first kappa shape index (κ1) is 11.0. The average molecular weight is 199 g/mol. The highest BCUT2D eigenvalue weighted by Crippen LogP contribution is 2.18. The molecule has 0 saturated carbocycles. The third-order valence-corrected chi connectivity index (χ3v) is 2.60. The van der Waals surface area contributed by atoms with E-state index in [1.807, 2.05) is 0 Å². The first-order valence-electron chi connectivity index (χ1n) is 5.07. The number of carbonyl (C=O) groups is 2. The van der Waals surface area contributed by atoms with Gasteiger partial charge in [0.15, 0.2) is 0 Å². The molecule has 0 radical (unpaired) electrons. The summed E-state index contributed by atoms with van der Waals surface area (Å²) in [6, 6.07) is 0. The molecule has 1 aliphatic heterocycles. The van der Waals surface area contributed by atoms with E-state index in [4.69, 9.17) is 4.74 Å². The Balaban J connectivity index is 2.35. The molecule has 1 fully saturated rings. The van der Waals surface area contributed by atoms with Gasteiger partial charge in [0.2, 0.25) is 0 Å². The minimum Gasteiger partial charge on any atom is -0.450 e. The number of rotatable bonds is 2. The van der Waals surface area contributed by atoms with Crippen LogP contribution < -0.4 is 0 Å². The van der Waals surface area contributed by atoms with E-state index in [-0.39, 0.29) is 17.8 Å². The number of hydrogen-bond acceptors (Lipinski definition) is 3. The van der Waals surface area contributed by atoms with Crippen LogP contribution in [0.1, 0.15) is 26.7 Å². The molecule has 1 rings (SSSR count). The molecule has 0 spiro atoms. The molecule has 4 nitrogen and oxygen atoms in total. The SMILES string of the molecule is CCOC(=O)N1CCC(C(C)=O)CC1. The Kier molecular flexibility index (Phi) is 3.92. The Labute approximate surface area is 84.2 Å². The van der Waals surface area contributed by atoms with Gasteiger partial charge in [-0.05, 0) is 26.7 Å². The molecule has 0 atom stereocenters. The van der Waals surface area contributed by atoms with Gasteiger partial charge in [-0.2, -0.15) is 0 Å². The van der Waals surface area contributed by atoms with E-state index in [2.05, 4.69) is 0 Å². The molecule has 1 aliphatic rings. The van der Waals surface area contributed by atoms with Gasteiger partial charge in [-0.15, -0.1) is 0 Å². The monoisotopic (exact) mass is 199 g/mol. The normalized spacial score (nSPS) is 18.0. The molecule has 0 aromatic rings. The van der Waals surface area contributed by atoms with Crippen molar-refractivity contribution in [1.29, 1.82) is 0 Å². The van der Waals surface area contributed by atoms with Gasteiger partial charge in [0.1, 0.15) is 5.78 Å². The molecule has 0 N–H and O–H groups in total. The molecule has 0 aliphatic carbocycles. The van der Waals surface area contributed by atoms with Crippen LogP contribution in [-0.2, 0) is 9.53 Å². The molecule has 4 heteroatoms. The molecule has 0 unspecified atom stereocenters. The van der Waals surface area contributed by atoms with Crippen molar-refractivity contribution >= 4 is 11.9 Å². The van der Waals surface area contributed by atoms with E-state index >= 15 is 0 Å². The number of ketones is 1. The lowest BCUT2D eigenvalue weighted by atomic mass is 9.94. The van der Waals surface area contributed by atoms with Crippen molar-refractivity contribution in [3.05, 3.63) is 0 Å². The van der Waals surface area contributed by atoms with E-state index in [0.717, 1.165) is 12.8 Å². The summed E-state index contributed by atoms with van der Waals surface area (Å²) in [7, 11) is 0. The van der Waals surface area contributed by atoms with Gasteiger partial charge in [0.25, 0.3) is 0 Å². The lowest BCUT2D eigenvalue weighted by molar-refractivity contribution is -0.122. The Hall–Kier alpha value is -1.06. The number of amides is 1. The molecule has 14 heavy (non-hydrogen) atoms. The second kappa shape index (κ2) is 4.98. The van der Waals surface area contributed by atoms with Crippen LogP contribution in [0.4, 0.5) is 4.79 Å². The molecule has 0 aromatic carbocycles. The first-order valence-corrected chi connectivity index (χ1v) is 5.07. The molecule has 1 heterocycles. The highest BCUT2D eigenvalue weighted by atomic mass is 16.6. The molecule has 0 aromatic heterocycles. The van der Waals surface area contributed by atoms with Gasteiger partial charge in [-0.25, -0.2) is 4.79 Å². The lowest BCUT2D eigenvalue weighted by Gasteiger charge is -2.29. The van der Waals surface area contributed by atoms with Gasteiger partial charge in [0.05, 0.1) is 6.61 Å². The minimum absolute atomic E-state index is 0.140. The van der Waals surface area contributed by atoms with E-state index in [1.54, 1.807) is 18.7 Å². The van der Waals surface area contributed by atoms with Crippen LogP contribution in [0.5, 0.6) is 0 Å². The number of nitrogens with zero attached hydrogens (tertiary/aromatic N) is 1. The number of hydrogen-bond donors (Lipinski definition) is 0. The van der Waals surface area contributed by atoms with Gasteiger partial charge in [-0.3, -0.25) is 4.79 Å². The molecule has 0 bridgehead atoms. The minimum atomic E-state index is -0.255. The zero-order chi connectivity index (χ0) is 10.6. The third kappa shape index (κ3) is 2.72. The lowest BCUT2D eigenvalue weighted by Crippen LogP contribution is -2.40. The van der Waals surface area contributed by atoms with Gasteiger partial charge in [-0.1, -0.05) is 0 Å². The molecular weight excluding hydrogens is 182 g/mol. The van der Waals surface area contributed by atoms with Crippen LogP contribution in [-0.4, -0.2) is 36.5 Å². The van der Waals surface area contributed by atoms with Crippen molar-refractivity contribution in [3.8, 4) is 0 Å². The summed E-state index contributed by atoms with van der Waals surface area (Å²) in [5.41, 5.74) is 0. The Morgan fingerprint density at radius 3 is 2.36 bits per heavy atom. The van der Waals surface area contributed by atoms with Crippen LogP contribution in [0.25, 0.3) is 0 Å². The van der Waals surface area contributed by atoms with Crippen LogP contribution in [0, 0.1) is 5.92 Å². The smallest absolute Gasteiger partial charge is 0.409 e. The largest absolute Gasteiger partial charge is 0.450 e. The summed E-state index contributed by atoms with van der Waals surface area (Å²) in [6.07, 6.45) is 1.29. The van der Waals surface area contributed by atoms with Crippen molar-refractivity contribution in [3.63, 3.8) is 0 Å². The Bertz CT molecular complexity index is 219. The maximum absolute atomic E-state index is 11.3. The van der Waals surface area contributed by atoms with Crippen LogP contribution in [0.3, 0.4) is 0 Å². The second-order valence-corrected chi connectivity index (χ2v) is 3.57. The quantitative estimate of drug-likeness (QED) is 0.676. The number of carbonyl (C=O) groups excluding carboxylic acids is 2. The van der Waals surface area contributed by atoms with Crippen LogP contribution in [0.2, 0.25) is 0 Å². The maximum Gasteiger partial charge on any atom is 0.409 e. The molecule has 1 saturated heterocycles. The third-order valence-electron chi connectivity index (χ3n) is 2.60. The summed E-state index contributed by atoms with van der Waals surface area (Å²) in [4.78, 5) is 24.0. The number of likely N-dealkylation sites (tertiary alicyclic amines) is 1. The average Bonchev–Trinajstić information content (AvgIpc) is 2.18. The van der Waals surface area contributed by atoms with Gasteiger partial charge in [0, 0.05) is 19.0 Å². The Morgan fingerprint density at radius 2 is 1.93 bits per heavy atom. The predicted octanol–water partition coefficient (Wildman–Crippen LogP) is 1.44. The predicted molar refractivity (Wildman–Crippen MR) is 52.0 cm³/mol.